The summed E-state index contributed by atoms with van der Waals surface area (Å²) in [5, 5.41) is 3.40. The van der Waals surface area contributed by atoms with Crippen LogP contribution in [0.1, 0.15) is 46.0 Å². The van der Waals surface area contributed by atoms with E-state index in [1.807, 2.05) is 0 Å². The van der Waals surface area contributed by atoms with Gasteiger partial charge in [-0.15, -0.1) is 0 Å². The fourth-order valence-electron chi connectivity index (χ4n) is 4.40. The van der Waals surface area contributed by atoms with E-state index in [4.69, 9.17) is 0 Å². The Kier molecular flexibility index (Phi) is 4.04. The molecule has 4 nitrogen and oxygen atoms in total. The zero-order valence-corrected chi connectivity index (χ0v) is 13.0. The summed E-state index contributed by atoms with van der Waals surface area (Å²) < 4.78 is 0. The number of hydrogen-bond donors (Lipinski definition) is 1. The van der Waals surface area contributed by atoms with Crippen LogP contribution in [-0.2, 0) is 4.79 Å². The Balaban J connectivity index is 1.74. The number of piperazine rings is 1. The van der Waals surface area contributed by atoms with Crippen molar-refractivity contribution >= 4 is 5.91 Å². The van der Waals surface area contributed by atoms with Gasteiger partial charge in [0.15, 0.2) is 0 Å². The molecule has 3 aliphatic rings. The lowest BCUT2D eigenvalue weighted by atomic mass is 9.75. The molecule has 0 aromatic rings. The number of piperidine rings is 1. The third-order valence-electron chi connectivity index (χ3n) is 5.89. The standard InChI is InChI=1S/C16H29N3O/c1-3-16(6-8-17-9-7-16)15(20)19-12-14-5-4-10-18(14)11-13(19)2/h13-14,17H,3-12H2,1-2H3. The topological polar surface area (TPSA) is 35.6 Å². The molecule has 3 rings (SSSR count). The Hall–Kier alpha value is -0.610. The molecule has 20 heavy (non-hydrogen) atoms. The highest BCUT2D eigenvalue weighted by Crippen LogP contribution is 2.37. The minimum Gasteiger partial charge on any atom is -0.337 e. The Bertz CT molecular complexity index is 365. The highest BCUT2D eigenvalue weighted by molar-refractivity contribution is 5.83. The van der Waals surface area contributed by atoms with Crippen LogP contribution in [0.2, 0.25) is 0 Å². The normalized spacial score (nSPS) is 34.0. The van der Waals surface area contributed by atoms with Crippen molar-refractivity contribution in [2.45, 2.75) is 58.0 Å². The van der Waals surface area contributed by atoms with Crippen molar-refractivity contribution in [1.82, 2.24) is 15.1 Å². The van der Waals surface area contributed by atoms with Gasteiger partial charge in [-0.2, -0.15) is 0 Å². The second-order valence-electron chi connectivity index (χ2n) is 6.98. The van der Waals surface area contributed by atoms with Crippen molar-refractivity contribution in [3.05, 3.63) is 0 Å². The van der Waals surface area contributed by atoms with Crippen LogP contribution in [0, 0.1) is 5.41 Å². The van der Waals surface area contributed by atoms with Crippen molar-refractivity contribution in [2.24, 2.45) is 5.41 Å². The first-order valence-corrected chi connectivity index (χ1v) is 8.42. The second-order valence-corrected chi connectivity index (χ2v) is 6.98. The lowest BCUT2D eigenvalue weighted by molar-refractivity contribution is -0.150. The van der Waals surface area contributed by atoms with Crippen molar-refractivity contribution in [1.29, 1.82) is 0 Å². The molecule has 0 aromatic carbocycles. The Morgan fingerprint density at radius 1 is 1.30 bits per heavy atom. The van der Waals surface area contributed by atoms with Gasteiger partial charge >= 0.3 is 0 Å². The predicted molar refractivity (Wildman–Crippen MR) is 80.6 cm³/mol. The second kappa shape index (κ2) is 5.64. The smallest absolute Gasteiger partial charge is 0.229 e. The highest BCUT2D eigenvalue weighted by Gasteiger charge is 2.45. The van der Waals surface area contributed by atoms with Crippen molar-refractivity contribution < 1.29 is 4.79 Å². The van der Waals surface area contributed by atoms with Gasteiger partial charge in [0.25, 0.3) is 0 Å². The van der Waals surface area contributed by atoms with Crippen molar-refractivity contribution in [3.63, 3.8) is 0 Å². The van der Waals surface area contributed by atoms with Crippen LogP contribution in [-0.4, -0.2) is 60.5 Å². The van der Waals surface area contributed by atoms with E-state index in [0.717, 1.165) is 45.4 Å². The van der Waals surface area contributed by atoms with Crippen LogP contribution in [0.15, 0.2) is 0 Å². The van der Waals surface area contributed by atoms with Gasteiger partial charge in [0.05, 0.1) is 5.41 Å². The maximum Gasteiger partial charge on any atom is 0.229 e. The van der Waals surface area contributed by atoms with Gasteiger partial charge in [0.2, 0.25) is 5.91 Å². The third-order valence-corrected chi connectivity index (χ3v) is 5.89. The van der Waals surface area contributed by atoms with Gasteiger partial charge in [0, 0.05) is 25.2 Å². The summed E-state index contributed by atoms with van der Waals surface area (Å²) in [6.07, 6.45) is 5.60. The average Bonchev–Trinajstić information content (AvgIpc) is 2.93. The number of nitrogens with one attached hydrogen (secondary N) is 1. The van der Waals surface area contributed by atoms with Gasteiger partial charge in [-0.25, -0.2) is 0 Å². The van der Waals surface area contributed by atoms with Crippen LogP contribution in [0.25, 0.3) is 0 Å². The molecular weight excluding hydrogens is 250 g/mol. The number of rotatable bonds is 2. The van der Waals surface area contributed by atoms with Crippen molar-refractivity contribution in [2.75, 3.05) is 32.7 Å². The van der Waals surface area contributed by atoms with E-state index in [9.17, 15) is 4.79 Å². The lowest BCUT2D eigenvalue weighted by Crippen LogP contribution is -2.60. The van der Waals surface area contributed by atoms with E-state index < -0.39 is 0 Å². The van der Waals surface area contributed by atoms with Gasteiger partial charge in [0.1, 0.15) is 0 Å². The maximum atomic E-state index is 13.2. The minimum absolute atomic E-state index is 0.0831. The van der Waals surface area contributed by atoms with Gasteiger partial charge < -0.3 is 10.2 Å². The van der Waals surface area contributed by atoms with Crippen molar-refractivity contribution in [3.8, 4) is 0 Å². The molecule has 0 spiro atoms. The number of amides is 1. The Morgan fingerprint density at radius 2 is 2.05 bits per heavy atom. The molecule has 2 unspecified atom stereocenters. The fourth-order valence-corrected chi connectivity index (χ4v) is 4.40. The third kappa shape index (κ3) is 2.37. The quantitative estimate of drug-likeness (QED) is 0.831. The van der Waals surface area contributed by atoms with E-state index in [2.05, 4.69) is 29.0 Å². The molecule has 3 heterocycles. The van der Waals surface area contributed by atoms with E-state index in [-0.39, 0.29) is 5.41 Å². The highest BCUT2D eigenvalue weighted by atomic mass is 16.2. The molecule has 1 amide bonds. The van der Waals surface area contributed by atoms with E-state index in [1.165, 1.54) is 19.4 Å². The van der Waals surface area contributed by atoms with Gasteiger partial charge in [-0.1, -0.05) is 6.92 Å². The summed E-state index contributed by atoms with van der Waals surface area (Å²) >= 11 is 0. The monoisotopic (exact) mass is 279 g/mol. The lowest BCUT2D eigenvalue weighted by Gasteiger charge is -2.47. The number of carbonyl (C=O) groups excluding carboxylic acids is 1. The molecule has 1 N–H and O–H groups in total. The number of fused-ring (bicyclic) bond motifs is 1. The summed E-state index contributed by atoms with van der Waals surface area (Å²) in [4.78, 5) is 18.0. The summed E-state index contributed by atoms with van der Waals surface area (Å²) in [5.41, 5.74) is -0.0831. The number of carbonyl (C=O) groups is 1. The van der Waals surface area contributed by atoms with E-state index in [1.54, 1.807) is 0 Å². The SMILES string of the molecule is CCC1(C(=O)N2CC3CCCN3CC2C)CCNCC1. The summed E-state index contributed by atoms with van der Waals surface area (Å²) in [5.74, 6) is 0.445. The van der Waals surface area contributed by atoms with E-state index in [0.29, 0.717) is 18.0 Å². The average molecular weight is 279 g/mol. The van der Waals surface area contributed by atoms with Gasteiger partial charge in [-0.05, 0) is 58.7 Å². The predicted octanol–water partition coefficient (Wildman–Crippen LogP) is 1.46. The molecule has 4 heteroatoms. The molecule has 2 atom stereocenters. The summed E-state index contributed by atoms with van der Waals surface area (Å²) in [7, 11) is 0. The Morgan fingerprint density at radius 3 is 2.75 bits per heavy atom. The molecule has 0 bridgehead atoms. The summed E-state index contributed by atoms with van der Waals surface area (Å²) in [6.45, 7) is 9.70. The first-order valence-electron chi connectivity index (χ1n) is 8.42. The van der Waals surface area contributed by atoms with Crippen LogP contribution in [0.5, 0.6) is 0 Å². The molecule has 3 fully saturated rings. The van der Waals surface area contributed by atoms with E-state index >= 15 is 0 Å². The molecular formula is C16H29N3O. The van der Waals surface area contributed by atoms with Crippen LogP contribution < -0.4 is 5.32 Å². The van der Waals surface area contributed by atoms with Gasteiger partial charge in [-0.3, -0.25) is 9.69 Å². The first kappa shape index (κ1) is 14.3. The zero-order chi connectivity index (χ0) is 14.2. The largest absolute Gasteiger partial charge is 0.337 e. The molecule has 0 aliphatic carbocycles. The maximum absolute atomic E-state index is 13.2. The number of hydrogen-bond acceptors (Lipinski definition) is 3. The molecule has 0 radical (unpaired) electrons. The molecule has 3 saturated heterocycles. The molecule has 114 valence electrons. The molecule has 3 aliphatic heterocycles. The van der Waals surface area contributed by atoms with Crippen LogP contribution in [0.4, 0.5) is 0 Å². The number of nitrogens with zero attached hydrogens (tertiary/aromatic N) is 2. The minimum atomic E-state index is -0.0831. The van der Waals surface area contributed by atoms with Crippen LogP contribution in [0.3, 0.4) is 0 Å². The zero-order valence-electron chi connectivity index (χ0n) is 13.0. The fraction of sp³-hybridized carbons (Fsp3) is 0.938. The molecule has 0 saturated carbocycles. The van der Waals surface area contributed by atoms with Crippen LogP contribution >= 0.6 is 0 Å². The first-order chi connectivity index (χ1) is 9.66. The molecule has 0 aromatic heterocycles. The summed E-state index contributed by atoms with van der Waals surface area (Å²) in [6, 6.07) is 1.01. The Labute approximate surface area is 122 Å².